The van der Waals surface area contributed by atoms with E-state index < -0.39 is 0 Å². The average molecular weight is 219 g/mol. The molecule has 3 heteroatoms. The molecular weight excluding hydrogens is 198 g/mol. The van der Waals surface area contributed by atoms with Crippen LogP contribution in [-0.4, -0.2) is 22.1 Å². The fourth-order valence-electron chi connectivity index (χ4n) is 1.87. The van der Waals surface area contributed by atoms with Crippen LogP contribution in [0.15, 0.2) is 18.5 Å². The molecule has 16 heavy (non-hydrogen) atoms. The lowest BCUT2D eigenvalue weighted by molar-refractivity contribution is 0.689. The van der Waals surface area contributed by atoms with E-state index >= 15 is 0 Å². The van der Waals surface area contributed by atoms with Gasteiger partial charge < -0.3 is 9.88 Å². The quantitative estimate of drug-likeness (QED) is 0.745. The van der Waals surface area contributed by atoms with Gasteiger partial charge >= 0.3 is 0 Å². The zero-order valence-electron chi connectivity index (χ0n) is 10.2. The van der Waals surface area contributed by atoms with Gasteiger partial charge in [0.2, 0.25) is 0 Å². The lowest BCUT2D eigenvalue weighted by Crippen LogP contribution is -2.16. The number of nitrogens with zero attached hydrogens (tertiary/aromatic N) is 2. The van der Waals surface area contributed by atoms with E-state index in [2.05, 4.69) is 34.8 Å². The fraction of sp³-hybridized carbons (Fsp3) is 0.615. The molecular formula is C13H21N3. The Bertz CT molecular complexity index is 361. The maximum atomic E-state index is 4.39. The second kappa shape index (κ2) is 5.30. The van der Waals surface area contributed by atoms with Gasteiger partial charge in [0, 0.05) is 25.0 Å². The van der Waals surface area contributed by atoms with Crippen LogP contribution < -0.4 is 5.32 Å². The molecule has 1 aliphatic rings. The highest BCUT2D eigenvalue weighted by atomic mass is 15.1. The fourth-order valence-corrected chi connectivity index (χ4v) is 1.87. The molecule has 1 aromatic rings. The molecule has 2 rings (SSSR count). The summed E-state index contributed by atoms with van der Waals surface area (Å²) in [6.45, 7) is 6.37. The summed E-state index contributed by atoms with van der Waals surface area (Å²) >= 11 is 0. The first-order chi connectivity index (χ1) is 7.81. The minimum Gasteiger partial charge on any atom is -0.332 e. The third-order valence-electron chi connectivity index (χ3n) is 3.01. The van der Waals surface area contributed by atoms with Gasteiger partial charge in [0.25, 0.3) is 0 Å². The number of hydrogen-bond donors (Lipinski definition) is 1. The minimum atomic E-state index is 0.811. The van der Waals surface area contributed by atoms with Crippen LogP contribution in [0.3, 0.4) is 0 Å². The second-order valence-corrected chi connectivity index (χ2v) is 4.44. The molecule has 1 aliphatic carbocycles. The normalized spacial score (nSPS) is 16.8. The number of aromatic nitrogens is 2. The molecule has 0 bridgehead atoms. The zero-order valence-corrected chi connectivity index (χ0v) is 10.2. The van der Waals surface area contributed by atoms with E-state index in [0.717, 1.165) is 31.4 Å². The molecule has 3 nitrogen and oxygen atoms in total. The molecule has 0 aliphatic heterocycles. The number of rotatable bonds is 6. The van der Waals surface area contributed by atoms with Crippen LogP contribution in [0.5, 0.6) is 0 Å². The van der Waals surface area contributed by atoms with E-state index in [1.807, 2.05) is 12.4 Å². The van der Waals surface area contributed by atoms with Crippen molar-refractivity contribution in [1.29, 1.82) is 0 Å². The summed E-state index contributed by atoms with van der Waals surface area (Å²) < 4.78 is 2.18. The van der Waals surface area contributed by atoms with E-state index in [-0.39, 0.29) is 0 Å². The first-order valence-electron chi connectivity index (χ1n) is 6.23. The molecule has 1 N–H and O–H groups in total. The number of nitrogens with one attached hydrogen (secondary N) is 1. The van der Waals surface area contributed by atoms with Gasteiger partial charge in [0.15, 0.2) is 0 Å². The van der Waals surface area contributed by atoms with E-state index in [4.69, 9.17) is 0 Å². The minimum absolute atomic E-state index is 0.811. The van der Waals surface area contributed by atoms with E-state index in [0.29, 0.717) is 0 Å². The van der Waals surface area contributed by atoms with Crippen molar-refractivity contribution in [2.45, 2.75) is 45.7 Å². The Morgan fingerprint density at radius 1 is 1.62 bits per heavy atom. The molecule has 88 valence electrons. The van der Waals surface area contributed by atoms with Gasteiger partial charge in [0.05, 0.1) is 0 Å². The number of aryl methyl sites for hydroxylation is 1. The molecule has 1 aromatic heterocycles. The third kappa shape index (κ3) is 2.95. The first kappa shape index (κ1) is 11.4. The van der Waals surface area contributed by atoms with E-state index in [1.165, 1.54) is 18.4 Å². The molecule has 0 unspecified atom stereocenters. The van der Waals surface area contributed by atoms with Crippen molar-refractivity contribution >= 4 is 5.57 Å². The maximum absolute atomic E-state index is 4.39. The molecule has 0 amide bonds. The Morgan fingerprint density at radius 3 is 3.12 bits per heavy atom. The molecule has 1 fully saturated rings. The van der Waals surface area contributed by atoms with Crippen molar-refractivity contribution < 1.29 is 0 Å². The highest BCUT2D eigenvalue weighted by molar-refractivity contribution is 5.57. The summed E-state index contributed by atoms with van der Waals surface area (Å²) in [4.78, 5) is 4.39. The van der Waals surface area contributed by atoms with Gasteiger partial charge in [-0.15, -0.1) is 0 Å². The summed E-state index contributed by atoms with van der Waals surface area (Å²) in [6, 6.07) is 0.811. The van der Waals surface area contributed by atoms with Gasteiger partial charge in [-0.25, -0.2) is 4.98 Å². The largest absolute Gasteiger partial charge is 0.332 e. The van der Waals surface area contributed by atoms with Crippen molar-refractivity contribution in [2.24, 2.45) is 0 Å². The average Bonchev–Trinajstić information content (AvgIpc) is 2.99. The molecule has 0 saturated heterocycles. The van der Waals surface area contributed by atoms with Crippen LogP contribution in [-0.2, 0) is 6.54 Å². The molecule has 1 saturated carbocycles. The maximum Gasteiger partial charge on any atom is 0.135 e. The summed E-state index contributed by atoms with van der Waals surface area (Å²) in [5.41, 5.74) is 1.28. The monoisotopic (exact) mass is 219 g/mol. The van der Waals surface area contributed by atoms with Crippen LogP contribution in [0.25, 0.3) is 5.57 Å². The van der Waals surface area contributed by atoms with Crippen LogP contribution in [0, 0.1) is 0 Å². The molecule has 0 spiro atoms. The van der Waals surface area contributed by atoms with Gasteiger partial charge in [-0.2, -0.15) is 0 Å². The van der Waals surface area contributed by atoms with Crippen LogP contribution in [0.4, 0.5) is 0 Å². The van der Waals surface area contributed by atoms with Gasteiger partial charge in [-0.1, -0.05) is 6.08 Å². The summed E-state index contributed by atoms with van der Waals surface area (Å²) in [6.07, 6.45) is 10.0. The van der Waals surface area contributed by atoms with Gasteiger partial charge in [0.1, 0.15) is 5.82 Å². The Balaban J connectivity index is 1.84. The molecule has 1 heterocycles. The standard InChI is InChI=1S/C13H21N3/c1-3-16-10-9-15-13(16)11(2)5-4-8-14-12-6-7-12/h5,9-10,12,14H,3-4,6-8H2,1-2H3. The van der Waals surface area contributed by atoms with Crippen LogP contribution >= 0.6 is 0 Å². The van der Waals surface area contributed by atoms with Crippen molar-refractivity contribution in [3.63, 3.8) is 0 Å². The van der Waals surface area contributed by atoms with E-state index in [1.54, 1.807) is 0 Å². The molecule has 0 radical (unpaired) electrons. The first-order valence-corrected chi connectivity index (χ1v) is 6.23. The second-order valence-electron chi connectivity index (χ2n) is 4.44. The van der Waals surface area contributed by atoms with Crippen LogP contribution in [0.2, 0.25) is 0 Å². The summed E-state index contributed by atoms with van der Waals surface area (Å²) in [5, 5.41) is 3.51. The Morgan fingerprint density at radius 2 is 2.44 bits per heavy atom. The molecule has 0 aromatic carbocycles. The number of imidazole rings is 1. The predicted octanol–water partition coefficient (Wildman–Crippen LogP) is 2.45. The summed E-state index contributed by atoms with van der Waals surface area (Å²) in [7, 11) is 0. The smallest absolute Gasteiger partial charge is 0.135 e. The van der Waals surface area contributed by atoms with E-state index in [9.17, 15) is 0 Å². The van der Waals surface area contributed by atoms with Crippen LogP contribution in [0.1, 0.15) is 38.9 Å². The highest BCUT2D eigenvalue weighted by Crippen LogP contribution is 2.18. The topological polar surface area (TPSA) is 29.9 Å². The van der Waals surface area contributed by atoms with Gasteiger partial charge in [-0.3, -0.25) is 0 Å². The zero-order chi connectivity index (χ0) is 11.4. The SMILES string of the molecule is CCn1ccnc1C(C)=CCCNC1CC1. The van der Waals surface area contributed by atoms with Crippen molar-refractivity contribution in [3.05, 3.63) is 24.3 Å². The van der Waals surface area contributed by atoms with Crippen molar-refractivity contribution in [3.8, 4) is 0 Å². The third-order valence-corrected chi connectivity index (χ3v) is 3.01. The Hall–Kier alpha value is -1.09. The summed E-state index contributed by atoms with van der Waals surface area (Å²) in [5.74, 6) is 1.11. The lowest BCUT2D eigenvalue weighted by Gasteiger charge is -2.05. The molecule has 0 atom stereocenters. The predicted molar refractivity (Wildman–Crippen MR) is 67.2 cm³/mol. The lowest BCUT2D eigenvalue weighted by atomic mass is 10.2. The number of hydrogen-bond acceptors (Lipinski definition) is 2. The highest BCUT2D eigenvalue weighted by Gasteiger charge is 2.19. The Kier molecular flexibility index (Phi) is 3.78. The van der Waals surface area contributed by atoms with Crippen molar-refractivity contribution in [1.82, 2.24) is 14.9 Å². The van der Waals surface area contributed by atoms with Crippen molar-refractivity contribution in [2.75, 3.05) is 6.54 Å². The Labute approximate surface area is 97.6 Å². The number of allylic oxidation sites excluding steroid dienone is 1. The van der Waals surface area contributed by atoms with Gasteiger partial charge in [-0.05, 0) is 45.2 Å².